The van der Waals surface area contributed by atoms with Gasteiger partial charge in [0.15, 0.2) is 11.6 Å². The third kappa shape index (κ3) is 4.52. The number of halogens is 1. The first-order valence-electron chi connectivity index (χ1n) is 5.97. The minimum Gasteiger partial charge on any atom is -0.494 e. The lowest BCUT2D eigenvalue weighted by molar-refractivity contribution is -0.157. The van der Waals surface area contributed by atoms with Gasteiger partial charge in [-0.3, -0.25) is 4.79 Å². The van der Waals surface area contributed by atoms with Gasteiger partial charge in [0.1, 0.15) is 5.60 Å². The van der Waals surface area contributed by atoms with Crippen molar-refractivity contribution in [2.45, 2.75) is 38.9 Å². The van der Waals surface area contributed by atoms with E-state index >= 15 is 0 Å². The first kappa shape index (κ1) is 15.4. The van der Waals surface area contributed by atoms with Crippen LogP contribution in [0.15, 0.2) is 18.2 Å². The molecule has 0 aliphatic heterocycles. The minimum atomic E-state index is -1.26. The van der Waals surface area contributed by atoms with E-state index in [0.717, 1.165) is 0 Å². The highest BCUT2D eigenvalue weighted by Gasteiger charge is 2.23. The Bertz CT molecular complexity index is 451. The molecule has 1 N–H and O–H groups in total. The van der Waals surface area contributed by atoms with Gasteiger partial charge in [0, 0.05) is 5.56 Å². The van der Waals surface area contributed by atoms with Crippen molar-refractivity contribution in [2.75, 3.05) is 7.11 Å². The Labute approximate surface area is 112 Å². The molecule has 1 rings (SSSR count). The largest absolute Gasteiger partial charge is 0.494 e. The first-order chi connectivity index (χ1) is 8.74. The van der Waals surface area contributed by atoms with Crippen LogP contribution in [0.5, 0.6) is 5.75 Å². The molecule has 0 spiro atoms. The smallest absolute Gasteiger partial charge is 0.309 e. The fourth-order valence-corrected chi connectivity index (χ4v) is 1.59. The molecule has 0 radical (unpaired) electrons. The zero-order chi connectivity index (χ0) is 14.6. The van der Waals surface area contributed by atoms with Crippen LogP contribution in [0.3, 0.4) is 0 Å². The number of hydrogen-bond acceptors (Lipinski definition) is 4. The summed E-state index contributed by atoms with van der Waals surface area (Å²) in [5.74, 6) is -1.22. The molecule has 19 heavy (non-hydrogen) atoms. The van der Waals surface area contributed by atoms with Gasteiger partial charge in [-0.15, -0.1) is 0 Å². The fraction of sp³-hybridized carbons (Fsp3) is 0.500. The zero-order valence-electron chi connectivity index (χ0n) is 11.6. The summed E-state index contributed by atoms with van der Waals surface area (Å²) in [4.78, 5) is 11.6. The lowest BCUT2D eigenvalue weighted by Gasteiger charge is -2.21. The standard InChI is InChI=1S/C14H19FO4/c1-14(2,3)19-12(17)8-10(16)9-6-5-7-11(18-4)13(9)15/h5-7,10,16H,8H2,1-4H3. The SMILES string of the molecule is COc1cccc(C(O)CC(=O)OC(C)(C)C)c1F. The highest BCUT2D eigenvalue weighted by Crippen LogP contribution is 2.27. The molecular formula is C14H19FO4. The number of carbonyl (C=O) groups excluding carboxylic acids is 1. The zero-order valence-corrected chi connectivity index (χ0v) is 11.6. The molecule has 0 fully saturated rings. The molecule has 106 valence electrons. The number of rotatable bonds is 4. The molecule has 0 amide bonds. The molecule has 0 saturated heterocycles. The molecule has 5 heteroatoms. The van der Waals surface area contributed by atoms with Gasteiger partial charge < -0.3 is 14.6 Å². The van der Waals surface area contributed by atoms with Gasteiger partial charge in [0.25, 0.3) is 0 Å². The highest BCUT2D eigenvalue weighted by molar-refractivity contribution is 5.70. The fourth-order valence-electron chi connectivity index (χ4n) is 1.59. The van der Waals surface area contributed by atoms with Crippen LogP contribution in [-0.2, 0) is 9.53 Å². The number of ether oxygens (including phenoxy) is 2. The molecule has 0 heterocycles. The van der Waals surface area contributed by atoms with Crippen molar-refractivity contribution in [3.63, 3.8) is 0 Å². The van der Waals surface area contributed by atoms with Crippen molar-refractivity contribution < 1.29 is 23.8 Å². The summed E-state index contributed by atoms with van der Waals surface area (Å²) >= 11 is 0. The molecule has 0 bridgehead atoms. The Morgan fingerprint density at radius 3 is 2.58 bits per heavy atom. The van der Waals surface area contributed by atoms with Crippen molar-refractivity contribution >= 4 is 5.97 Å². The van der Waals surface area contributed by atoms with Gasteiger partial charge in [-0.25, -0.2) is 4.39 Å². The molecule has 0 saturated carbocycles. The Morgan fingerprint density at radius 1 is 1.42 bits per heavy atom. The van der Waals surface area contributed by atoms with Gasteiger partial charge in [-0.1, -0.05) is 12.1 Å². The van der Waals surface area contributed by atoms with E-state index in [4.69, 9.17) is 9.47 Å². The maximum atomic E-state index is 13.9. The Hall–Kier alpha value is -1.62. The summed E-state index contributed by atoms with van der Waals surface area (Å²) in [6.07, 6.45) is -1.56. The van der Waals surface area contributed by atoms with Crippen molar-refractivity contribution in [1.82, 2.24) is 0 Å². The number of methoxy groups -OCH3 is 1. The van der Waals surface area contributed by atoms with E-state index in [2.05, 4.69) is 0 Å². The molecule has 1 aromatic carbocycles. The van der Waals surface area contributed by atoms with E-state index in [0.29, 0.717) is 0 Å². The van der Waals surface area contributed by atoms with Gasteiger partial charge in [-0.05, 0) is 26.8 Å². The number of hydrogen-bond donors (Lipinski definition) is 1. The second-order valence-electron chi connectivity index (χ2n) is 5.17. The van der Waals surface area contributed by atoms with Gasteiger partial charge in [0.2, 0.25) is 0 Å². The lowest BCUT2D eigenvalue weighted by Crippen LogP contribution is -2.25. The maximum absolute atomic E-state index is 13.9. The summed E-state index contributed by atoms with van der Waals surface area (Å²) < 4.78 is 23.8. The molecule has 1 unspecified atom stereocenters. The predicted molar refractivity (Wildman–Crippen MR) is 68.4 cm³/mol. The third-order valence-electron chi connectivity index (χ3n) is 2.35. The summed E-state index contributed by atoms with van der Waals surface area (Å²) in [6, 6.07) is 4.40. The van der Waals surface area contributed by atoms with E-state index in [1.54, 1.807) is 26.8 Å². The van der Waals surface area contributed by atoms with Crippen LogP contribution < -0.4 is 4.74 Å². The van der Waals surface area contributed by atoms with Crippen LogP contribution >= 0.6 is 0 Å². The van der Waals surface area contributed by atoms with Crippen LogP contribution in [-0.4, -0.2) is 23.8 Å². The third-order valence-corrected chi connectivity index (χ3v) is 2.35. The summed E-state index contributed by atoms with van der Waals surface area (Å²) in [5, 5.41) is 9.89. The van der Waals surface area contributed by atoms with Crippen LogP contribution in [0, 0.1) is 5.82 Å². The van der Waals surface area contributed by atoms with E-state index in [-0.39, 0.29) is 17.7 Å². The number of esters is 1. The van der Waals surface area contributed by atoms with Gasteiger partial charge in [-0.2, -0.15) is 0 Å². The topological polar surface area (TPSA) is 55.8 Å². The van der Waals surface area contributed by atoms with E-state index in [9.17, 15) is 14.3 Å². The normalized spacial score (nSPS) is 12.9. The molecule has 0 aromatic heterocycles. The predicted octanol–water partition coefficient (Wildman–Crippen LogP) is 2.60. The van der Waals surface area contributed by atoms with Crippen molar-refractivity contribution in [2.24, 2.45) is 0 Å². The number of benzene rings is 1. The number of aliphatic hydroxyl groups is 1. The van der Waals surface area contributed by atoms with Gasteiger partial charge >= 0.3 is 5.97 Å². The molecule has 1 aromatic rings. The Balaban J connectivity index is 2.79. The maximum Gasteiger partial charge on any atom is 0.309 e. The summed E-state index contributed by atoms with van der Waals surface area (Å²) in [7, 11) is 1.34. The number of aliphatic hydroxyl groups excluding tert-OH is 1. The van der Waals surface area contributed by atoms with Gasteiger partial charge in [0.05, 0.1) is 19.6 Å². The van der Waals surface area contributed by atoms with E-state index in [1.165, 1.54) is 19.2 Å². The minimum absolute atomic E-state index is 0.0187. The van der Waals surface area contributed by atoms with E-state index < -0.39 is 23.5 Å². The summed E-state index contributed by atoms with van der Waals surface area (Å²) in [5.41, 5.74) is -0.616. The van der Waals surface area contributed by atoms with Crippen molar-refractivity contribution in [3.8, 4) is 5.75 Å². The van der Waals surface area contributed by atoms with Crippen LogP contribution in [0.1, 0.15) is 38.9 Å². The molecular weight excluding hydrogens is 251 g/mol. The highest BCUT2D eigenvalue weighted by atomic mass is 19.1. The van der Waals surface area contributed by atoms with Crippen LogP contribution in [0.25, 0.3) is 0 Å². The Kier molecular flexibility index (Phi) is 4.89. The van der Waals surface area contributed by atoms with E-state index in [1.807, 2.05) is 0 Å². The summed E-state index contributed by atoms with van der Waals surface area (Å²) in [6.45, 7) is 5.18. The average Bonchev–Trinajstić information content (AvgIpc) is 2.26. The first-order valence-corrected chi connectivity index (χ1v) is 5.97. The molecule has 4 nitrogen and oxygen atoms in total. The van der Waals surface area contributed by atoms with Crippen molar-refractivity contribution in [3.05, 3.63) is 29.6 Å². The molecule has 1 atom stereocenters. The Morgan fingerprint density at radius 2 is 2.05 bits per heavy atom. The quantitative estimate of drug-likeness (QED) is 0.854. The van der Waals surface area contributed by atoms with Crippen LogP contribution in [0.2, 0.25) is 0 Å². The average molecular weight is 270 g/mol. The molecule has 0 aliphatic rings. The van der Waals surface area contributed by atoms with Crippen molar-refractivity contribution in [1.29, 1.82) is 0 Å². The second kappa shape index (κ2) is 6.02. The molecule has 0 aliphatic carbocycles. The van der Waals surface area contributed by atoms with Crippen LogP contribution in [0.4, 0.5) is 4.39 Å². The lowest BCUT2D eigenvalue weighted by atomic mass is 10.1. The number of carbonyl (C=O) groups is 1. The monoisotopic (exact) mass is 270 g/mol. The second-order valence-corrected chi connectivity index (χ2v) is 5.17.